The molecule has 0 heterocycles. The zero-order chi connectivity index (χ0) is 13.9. The van der Waals surface area contributed by atoms with Crippen LogP contribution < -0.4 is 0 Å². The molecule has 2 aromatic rings. The highest BCUT2D eigenvalue weighted by Crippen LogP contribution is 2.25. The quantitative estimate of drug-likeness (QED) is 0.602. The largest absolute Gasteiger partial charge is 0.0876 e. The molecule has 3 rings (SSSR count). The highest BCUT2D eigenvalue weighted by atomic mass is 79.9. The third-order valence-electron chi connectivity index (χ3n) is 4.17. The van der Waals surface area contributed by atoms with Gasteiger partial charge in [-0.15, -0.1) is 0 Å². The van der Waals surface area contributed by atoms with Crippen LogP contribution in [0.5, 0.6) is 0 Å². The van der Waals surface area contributed by atoms with Crippen molar-refractivity contribution in [1.82, 2.24) is 0 Å². The molecule has 0 amide bonds. The molecule has 0 unspecified atom stereocenters. The number of rotatable bonds is 2. The van der Waals surface area contributed by atoms with Gasteiger partial charge in [-0.3, -0.25) is 0 Å². The van der Waals surface area contributed by atoms with Crippen LogP contribution in [-0.4, -0.2) is 0 Å². The van der Waals surface area contributed by atoms with E-state index in [1.54, 1.807) is 0 Å². The highest BCUT2D eigenvalue weighted by molar-refractivity contribution is 9.08. The van der Waals surface area contributed by atoms with Gasteiger partial charge in [-0.1, -0.05) is 68.3 Å². The van der Waals surface area contributed by atoms with Crippen LogP contribution in [0.1, 0.15) is 33.4 Å². The summed E-state index contributed by atoms with van der Waals surface area (Å²) in [6.07, 6.45) is 4.56. The minimum absolute atomic E-state index is 0.947. The van der Waals surface area contributed by atoms with E-state index >= 15 is 0 Å². The molecule has 0 radical (unpaired) electrons. The van der Waals surface area contributed by atoms with Gasteiger partial charge in [0.05, 0.1) is 0 Å². The predicted molar refractivity (Wildman–Crippen MR) is 93.0 cm³/mol. The van der Waals surface area contributed by atoms with Crippen LogP contribution in [0.2, 0.25) is 0 Å². The van der Waals surface area contributed by atoms with Crippen molar-refractivity contribution in [1.29, 1.82) is 0 Å². The fourth-order valence-electron chi connectivity index (χ4n) is 3.00. The topological polar surface area (TPSA) is 0 Å². The Bertz CT molecular complexity index is 570. The van der Waals surface area contributed by atoms with Crippen LogP contribution in [0.15, 0.2) is 36.4 Å². The molecule has 0 atom stereocenters. The van der Waals surface area contributed by atoms with Crippen LogP contribution in [0.3, 0.4) is 0 Å². The molecule has 2 heteroatoms. The van der Waals surface area contributed by atoms with E-state index in [0.29, 0.717) is 0 Å². The van der Waals surface area contributed by atoms with Gasteiger partial charge in [-0.25, -0.2) is 0 Å². The zero-order valence-corrected chi connectivity index (χ0v) is 14.6. The van der Waals surface area contributed by atoms with Gasteiger partial charge < -0.3 is 0 Å². The van der Waals surface area contributed by atoms with E-state index in [1.807, 2.05) is 0 Å². The molecule has 0 fully saturated rings. The molecule has 4 bridgehead atoms. The average molecular weight is 394 g/mol. The Morgan fingerprint density at radius 1 is 0.700 bits per heavy atom. The molecule has 1 aliphatic carbocycles. The lowest BCUT2D eigenvalue weighted by molar-refractivity contribution is 0.889. The molecular weight excluding hydrogens is 376 g/mol. The lowest BCUT2D eigenvalue weighted by atomic mass is 9.90. The molecule has 2 aromatic carbocycles. The SMILES string of the molecule is BrCc1cc(CBr)c2cc1CCc1cccc(c1)CC2. The Morgan fingerprint density at radius 3 is 1.75 bits per heavy atom. The molecule has 104 valence electrons. The number of hydrogen-bond acceptors (Lipinski definition) is 0. The van der Waals surface area contributed by atoms with Crippen LogP contribution in [0.25, 0.3) is 0 Å². The average Bonchev–Trinajstić information content (AvgIpc) is 2.50. The summed E-state index contributed by atoms with van der Waals surface area (Å²) in [5.41, 5.74) is 8.84. The summed E-state index contributed by atoms with van der Waals surface area (Å²) < 4.78 is 0. The van der Waals surface area contributed by atoms with Crippen molar-refractivity contribution < 1.29 is 0 Å². The van der Waals surface area contributed by atoms with E-state index in [-0.39, 0.29) is 0 Å². The molecule has 0 saturated heterocycles. The van der Waals surface area contributed by atoms with Gasteiger partial charge in [0.1, 0.15) is 0 Å². The highest BCUT2D eigenvalue weighted by Gasteiger charge is 2.11. The van der Waals surface area contributed by atoms with Crippen molar-refractivity contribution in [3.63, 3.8) is 0 Å². The van der Waals surface area contributed by atoms with Gasteiger partial charge in [0.25, 0.3) is 0 Å². The van der Waals surface area contributed by atoms with Gasteiger partial charge in [0.2, 0.25) is 0 Å². The lowest BCUT2D eigenvalue weighted by Gasteiger charge is -2.17. The smallest absolute Gasteiger partial charge is 0.0285 e. The second-order valence-corrected chi connectivity index (χ2v) is 6.60. The van der Waals surface area contributed by atoms with Crippen molar-refractivity contribution >= 4 is 31.9 Å². The summed E-state index contributed by atoms with van der Waals surface area (Å²) in [5, 5.41) is 1.89. The maximum absolute atomic E-state index is 3.64. The van der Waals surface area contributed by atoms with Gasteiger partial charge >= 0.3 is 0 Å². The van der Waals surface area contributed by atoms with E-state index in [1.165, 1.54) is 33.4 Å². The second-order valence-electron chi connectivity index (χ2n) is 5.48. The van der Waals surface area contributed by atoms with Gasteiger partial charge in [-0.05, 0) is 59.1 Å². The lowest BCUT2D eigenvalue weighted by Crippen LogP contribution is -2.05. The van der Waals surface area contributed by atoms with Crippen molar-refractivity contribution in [3.05, 3.63) is 69.8 Å². The third kappa shape index (κ3) is 3.01. The normalized spacial score (nSPS) is 14.1. The maximum atomic E-state index is 3.64. The standard InChI is InChI=1S/C18H18Br2/c19-11-17-10-18(12-20)16-7-5-14-3-1-2-13(8-14)4-6-15(17)9-16/h1-3,8-10H,4-7,11-12H2. The van der Waals surface area contributed by atoms with Crippen molar-refractivity contribution in [3.8, 4) is 0 Å². The molecular formula is C18H18Br2. The molecule has 0 N–H and O–H groups in total. The van der Waals surface area contributed by atoms with Crippen molar-refractivity contribution in [2.75, 3.05) is 0 Å². The summed E-state index contributed by atoms with van der Waals surface area (Å²) in [7, 11) is 0. The second kappa shape index (κ2) is 6.44. The van der Waals surface area contributed by atoms with Gasteiger partial charge in [0, 0.05) is 10.7 Å². The van der Waals surface area contributed by atoms with Crippen LogP contribution >= 0.6 is 31.9 Å². The van der Waals surface area contributed by atoms with E-state index in [0.717, 1.165) is 36.3 Å². The first kappa shape index (κ1) is 14.3. The van der Waals surface area contributed by atoms with Gasteiger partial charge in [-0.2, -0.15) is 0 Å². The molecule has 1 aliphatic rings. The fourth-order valence-corrected chi connectivity index (χ4v) is 4.05. The van der Waals surface area contributed by atoms with E-state index in [4.69, 9.17) is 0 Å². The Labute approximate surface area is 137 Å². The summed E-state index contributed by atoms with van der Waals surface area (Å²) in [4.78, 5) is 0. The molecule has 0 saturated carbocycles. The summed E-state index contributed by atoms with van der Waals surface area (Å²) in [6, 6.07) is 13.9. The zero-order valence-electron chi connectivity index (χ0n) is 11.5. The minimum Gasteiger partial charge on any atom is -0.0876 e. The van der Waals surface area contributed by atoms with Crippen LogP contribution in [-0.2, 0) is 36.3 Å². The molecule has 0 aliphatic heterocycles. The Kier molecular flexibility index (Phi) is 4.62. The minimum atomic E-state index is 0.947. The number of fused-ring (bicyclic) bond motifs is 4. The first-order valence-electron chi connectivity index (χ1n) is 7.13. The number of benzene rings is 2. The van der Waals surface area contributed by atoms with Crippen molar-refractivity contribution in [2.45, 2.75) is 36.3 Å². The van der Waals surface area contributed by atoms with E-state index in [9.17, 15) is 0 Å². The first-order chi connectivity index (χ1) is 9.80. The van der Waals surface area contributed by atoms with Crippen molar-refractivity contribution in [2.24, 2.45) is 0 Å². The number of alkyl halides is 2. The van der Waals surface area contributed by atoms with Crippen LogP contribution in [0, 0.1) is 0 Å². The maximum Gasteiger partial charge on any atom is 0.0285 e. The summed E-state index contributed by atoms with van der Waals surface area (Å²) >= 11 is 7.28. The number of aryl methyl sites for hydroxylation is 4. The molecule has 0 aromatic heterocycles. The third-order valence-corrected chi connectivity index (χ3v) is 5.38. The predicted octanol–water partition coefficient (Wildman–Crippen LogP) is 5.36. The Balaban J connectivity index is 2.03. The Hall–Kier alpha value is -0.600. The molecule has 0 nitrogen and oxygen atoms in total. The van der Waals surface area contributed by atoms with E-state index < -0.39 is 0 Å². The fraction of sp³-hybridized carbons (Fsp3) is 0.333. The first-order valence-corrected chi connectivity index (χ1v) is 9.37. The van der Waals surface area contributed by atoms with E-state index in [2.05, 4.69) is 68.3 Å². The summed E-state index contributed by atoms with van der Waals surface area (Å²) in [5.74, 6) is 0. The summed E-state index contributed by atoms with van der Waals surface area (Å²) in [6.45, 7) is 0. The molecule has 20 heavy (non-hydrogen) atoms. The monoisotopic (exact) mass is 392 g/mol. The number of hydrogen-bond donors (Lipinski definition) is 0. The molecule has 0 spiro atoms. The Morgan fingerprint density at radius 2 is 1.25 bits per heavy atom. The number of halogens is 2. The van der Waals surface area contributed by atoms with Crippen LogP contribution in [0.4, 0.5) is 0 Å². The van der Waals surface area contributed by atoms with Gasteiger partial charge in [0.15, 0.2) is 0 Å².